The average Bonchev–Trinajstić information content (AvgIpc) is 2.53. The van der Waals surface area contributed by atoms with Crippen LogP contribution in [-0.2, 0) is 24.3 Å². The second kappa shape index (κ2) is 5.87. The smallest absolute Gasteiger partial charge is 0.410 e. The normalized spacial score (nSPS) is 13.6. The van der Waals surface area contributed by atoms with Crippen LogP contribution in [0, 0.1) is 0 Å². The number of carbonyl (C=O) groups is 1. The maximum Gasteiger partial charge on any atom is 0.410 e. The maximum atomic E-state index is 12.1. The third-order valence-electron chi connectivity index (χ3n) is 3.71. The Morgan fingerprint density at radius 3 is 2.76 bits per heavy atom. The largest absolute Gasteiger partial charge is 0.445 e. The van der Waals surface area contributed by atoms with Crippen molar-refractivity contribution in [1.29, 1.82) is 0 Å². The number of hydrogen-bond acceptors (Lipinski definition) is 3. The third kappa shape index (κ3) is 3.16. The van der Waals surface area contributed by atoms with Crippen LogP contribution in [0.3, 0.4) is 0 Å². The lowest BCUT2D eigenvalue weighted by Gasteiger charge is -2.28. The highest BCUT2D eigenvalue weighted by Gasteiger charge is 2.21. The summed E-state index contributed by atoms with van der Waals surface area (Å²) in [5.74, 6) is 0. The van der Waals surface area contributed by atoms with Crippen molar-refractivity contribution in [2.45, 2.75) is 19.6 Å². The highest BCUT2D eigenvalue weighted by molar-refractivity contribution is 5.68. The van der Waals surface area contributed by atoms with Crippen molar-refractivity contribution in [2.75, 3.05) is 12.3 Å². The Morgan fingerprint density at radius 2 is 1.95 bits per heavy atom. The van der Waals surface area contributed by atoms with Crippen molar-refractivity contribution >= 4 is 11.8 Å². The van der Waals surface area contributed by atoms with Gasteiger partial charge in [-0.2, -0.15) is 0 Å². The van der Waals surface area contributed by atoms with Gasteiger partial charge in [0.2, 0.25) is 0 Å². The number of benzene rings is 2. The van der Waals surface area contributed by atoms with E-state index >= 15 is 0 Å². The van der Waals surface area contributed by atoms with Gasteiger partial charge in [-0.05, 0) is 35.2 Å². The Kier molecular flexibility index (Phi) is 3.77. The van der Waals surface area contributed by atoms with Crippen LogP contribution in [-0.4, -0.2) is 17.5 Å². The van der Waals surface area contributed by atoms with E-state index in [1.54, 1.807) is 4.90 Å². The molecule has 0 saturated carbocycles. The predicted octanol–water partition coefficient (Wildman–Crippen LogP) is 2.96. The zero-order valence-corrected chi connectivity index (χ0v) is 11.8. The molecule has 0 atom stereocenters. The van der Waals surface area contributed by atoms with Crippen molar-refractivity contribution < 1.29 is 9.53 Å². The fourth-order valence-corrected chi connectivity index (χ4v) is 2.54. The molecule has 0 unspecified atom stereocenters. The van der Waals surface area contributed by atoms with Crippen molar-refractivity contribution in [3.05, 3.63) is 65.2 Å². The quantitative estimate of drug-likeness (QED) is 0.862. The Labute approximate surface area is 124 Å². The number of amides is 1. The zero-order valence-electron chi connectivity index (χ0n) is 11.8. The summed E-state index contributed by atoms with van der Waals surface area (Å²) in [6.45, 7) is 1.55. The predicted molar refractivity (Wildman–Crippen MR) is 81.6 cm³/mol. The topological polar surface area (TPSA) is 55.6 Å². The molecule has 2 N–H and O–H groups in total. The molecule has 0 saturated heterocycles. The fraction of sp³-hybridized carbons (Fsp3) is 0.235. The molecule has 3 rings (SSSR count). The van der Waals surface area contributed by atoms with Crippen LogP contribution in [0.4, 0.5) is 10.5 Å². The van der Waals surface area contributed by atoms with Gasteiger partial charge >= 0.3 is 6.09 Å². The molecule has 1 aliphatic heterocycles. The molecule has 1 amide bonds. The van der Waals surface area contributed by atoms with Gasteiger partial charge in [0, 0.05) is 18.8 Å². The number of rotatable bonds is 2. The van der Waals surface area contributed by atoms with Gasteiger partial charge < -0.3 is 15.4 Å². The first-order valence-corrected chi connectivity index (χ1v) is 7.05. The summed E-state index contributed by atoms with van der Waals surface area (Å²) < 4.78 is 5.37. The van der Waals surface area contributed by atoms with Crippen LogP contribution >= 0.6 is 0 Å². The third-order valence-corrected chi connectivity index (χ3v) is 3.71. The summed E-state index contributed by atoms with van der Waals surface area (Å²) in [6, 6.07) is 15.6. The van der Waals surface area contributed by atoms with Crippen LogP contribution in [0.25, 0.3) is 0 Å². The maximum absolute atomic E-state index is 12.1. The van der Waals surface area contributed by atoms with Crippen LogP contribution in [0.5, 0.6) is 0 Å². The SMILES string of the molecule is Nc1ccc2c(c1)CN(C(=O)OCc1ccccc1)CC2. The minimum atomic E-state index is -0.271. The first kappa shape index (κ1) is 13.5. The van der Waals surface area contributed by atoms with Gasteiger partial charge in [-0.15, -0.1) is 0 Å². The summed E-state index contributed by atoms with van der Waals surface area (Å²) in [6.07, 6.45) is 0.572. The van der Waals surface area contributed by atoms with Crippen LogP contribution < -0.4 is 5.73 Å². The molecule has 0 fully saturated rings. The number of nitrogens with two attached hydrogens (primary N) is 1. The molecule has 0 radical (unpaired) electrons. The molecule has 1 aliphatic rings. The molecular weight excluding hydrogens is 264 g/mol. The lowest BCUT2D eigenvalue weighted by atomic mass is 9.99. The number of nitrogens with zero attached hydrogens (tertiary/aromatic N) is 1. The number of carbonyl (C=O) groups excluding carboxylic acids is 1. The van der Waals surface area contributed by atoms with Gasteiger partial charge in [0.1, 0.15) is 6.61 Å². The van der Waals surface area contributed by atoms with Crippen LogP contribution in [0.15, 0.2) is 48.5 Å². The van der Waals surface area contributed by atoms with Crippen molar-refractivity contribution in [3.8, 4) is 0 Å². The molecule has 108 valence electrons. The van der Waals surface area contributed by atoms with E-state index in [1.807, 2.05) is 48.5 Å². The molecule has 21 heavy (non-hydrogen) atoms. The number of fused-ring (bicyclic) bond motifs is 1. The monoisotopic (exact) mass is 282 g/mol. The highest BCUT2D eigenvalue weighted by Crippen LogP contribution is 2.22. The lowest BCUT2D eigenvalue weighted by Crippen LogP contribution is -2.36. The summed E-state index contributed by atoms with van der Waals surface area (Å²) in [7, 11) is 0. The van der Waals surface area contributed by atoms with E-state index in [0.29, 0.717) is 19.7 Å². The van der Waals surface area contributed by atoms with E-state index in [4.69, 9.17) is 10.5 Å². The Morgan fingerprint density at radius 1 is 1.14 bits per heavy atom. The molecule has 2 aromatic rings. The van der Waals surface area contributed by atoms with Crippen molar-refractivity contribution in [3.63, 3.8) is 0 Å². The second-order valence-electron chi connectivity index (χ2n) is 5.24. The average molecular weight is 282 g/mol. The first-order valence-electron chi connectivity index (χ1n) is 7.05. The van der Waals surface area contributed by atoms with Crippen LogP contribution in [0.1, 0.15) is 16.7 Å². The number of hydrogen-bond donors (Lipinski definition) is 1. The minimum absolute atomic E-state index is 0.271. The molecule has 1 heterocycles. The molecule has 4 heteroatoms. The molecular formula is C17H18N2O2. The van der Waals surface area contributed by atoms with E-state index in [1.165, 1.54) is 5.56 Å². The lowest BCUT2D eigenvalue weighted by molar-refractivity contribution is 0.0919. The van der Waals surface area contributed by atoms with E-state index in [-0.39, 0.29) is 6.09 Å². The van der Waals surface area contributed by atoms with E-state index in [9.17, 15) is 4.79 Å². The Bertz CT molecular complexity index is 640. The molecule has 2 aromatic carbocycles. The van der Waals surface area contributed by atoms with Gasteiger partial charge in [-0.25, -0.2) is 4.79 Å². The number of nitrogen functional groups attached to an aromatic ring is 1. The molecule has 0 bridgehead atoms. The van der Waals surface area contributed by atoms with E-state index in [0.717, 1.165) is 23.2 Å². The first-order chi connectivity index (χ1) is 10.2. The second-order valence-corrected chi connectivity index (χ2v) is 5.24. The fourth-order valence-electron chi connectivity index (χ4n) is 2.54. The van der Waals surface area contributed by atoms with Gasteiger partial charge in [-0.3, -0.25) is 0 Å². The van der Waals surface area contributed by atoms with Crippen LogP contribution in [0.2, 0.25) is 0 Å². The Hall–Kier alpha value is -2.49. The summed E-state index contributed by atoms with van der Waals surface area (Å²) >= 11 is 0. The Balaban J connectivity index is 1.61. The molecule has 0 aliphatic carbocycles. The summed E-state index contributed by atoms with van der Waals surface area (Å²) in [5, 5.41) is 0. The van der Waals surface area contributed by atoms with E-state index < -0.39 is 0 Å². The molecule has 0 aromatic heterocycles. The molecule has 4 nitrogen and oxygen atoms in total. The van der Waals surface area contributed by atoms with Gasteiger partial charge in [0.15, 0.2) is 0 Å². The molecule has 0 spiro atoms. The number of anilines is 1. The number of ether oxygens (including phenoxy) is 1. The van der Waals surface area contributed by atoms with Crippen molar-refractivity contribution in [2.24, 2.45) is 0 Å². The van der Waals surface area contributed by atoms with E-state index in [2.05, 4.69) is 0 Å². The van der Waals surface area contributed by atoms with Gasteiger partial charge in [0.05, 0.1) is 0 Å². The van der Waals surface area contributed by atoms with Crippen molar-refractivity contribution in [1.82, 2.24) is 4.90 Å². The highest BCUT2D eigenvalue weighted by atomic mass is 16.6. The standard InChI is InChI=1S/C17H18N2O2/c18-16-7-6-14-8-9-19(11-15(14)10-16)17(20)21-12-13-4-2-1-3-5-13/h1-7,10H,8-9,11-12,18H2. The summed E-state index contributed by atoms with van der Waals surface area (Å²) in [4.78, 5) is 13.9. The van der Waals surface area contributed by atoms with Gasteiger partial charge in [-0.1, -0.05) is 36.4 Å². The zero-order chi connectivity index (χ0) is 14.7. The van der Waals surface area contributed by atoms with Gasteiger partial charge in [0.25, 0.3) is 0 Å². The minimum Gasteiger partial charge on any atom is -0.445 e. The summed E-state index contributed by atoms with van der Waals surface area (Å²) in [5.41, 5.74) is 9.90.